The third kappa shape index (κ3) is 7.41. The van der Waals surface area contributed by atoms with Crippen molar-refractivity contribution in [1.82, 2.24) is 0 Å². The van der Waals surface area contributed by atoms with Gasteiger partial charge in [-0.1, -0.05) is 38.3 Å². The van der Waals surface area contributed by atoms with Crippen molar-refractivity contribution in [2.75, 3.05) is 13.2 Å². The van der Waals surface area contributed by atoms with Gasteiger partial charge in [-0.25, -0.2) is 0 Å². The van der Waals surface area contributed by atoms with E-state index in [-0.39, 0.29) is 25.1 Å². The highest BCUT2D eigenvalue weighted by Gasteiger charge is 2.04. The number of nitrogens with two attached hydrogens (primary N) is 1. The van der Waals surface area contributed by atoms with Gasteiger partial charge in [0.2, 0.25) is 0 Å². The molecule has 0 radical (unpaired) electrons. The summed E-state index contributed by atoms with van der Waals surface area (Å²) in [5, 5.41) is 8.83. The Bertz CT molecular complexity index is 316. The van der Waals surface area contributed by atoms with Gasteiger partial charge in [-0.3, -0.25) is 0 Å². The van der Waals surface area contributed by atoms with E-state index in [0.717, 1.165) is 24.3 Å². The minimum absolute atomic E-state index is 0. The van der Waals surface area contributed by atoms with Crippen molar-refractivity contribution < 1.29 is 9.84 Å². The molecule has 1 unspecified atom stereocenters. The number of aliphatic hydroxyl groups excluding tert-OH is 1. The monoisotopic (exact) mass is 287 g/mol. The first-order valence-electron chi connectivity index (χ1n) is 6.87. The zero-order valence-corrected chi connectivity index (χ0v) is 12.5. The SMILES string of the molecule is CCCCCCOc1ccc(C(N)CCO)cc1.Cl. The molecular weight excluding hydrogens is 262 g/mol. The zero-order valence-electron chi connectivity index (χ0n) is 11.7. The number of ether oxygens (including phenoxy) is 1. The van der Waals surface area contributed by atoms with E-state index in [9.17, 15) is 0 Å². The maximum absolute atomic E-state index is 8.83. The van der Waals surface area contributed by atoms with Crippen LogP contribution in [0.3, 0.4) is 0 Å². The van der Waals surface area contributed by atoms with Crippen LogP contribution >= 0.6 is 12.4 Å². The van der Waals surface area contributed by atoms with E-state index in [0.29, 0.717) is 6.42 Å². The van der Waals surface area contributed by atoms with Crippen molar-refractivity contribution in [3.63, 3.8) is 0 Å². The first kappa shape index (κ1) is 18.2. The number of hydrogen-bond donors (Lipinski definition) is 2. The smallest absolute Gasteiger partial charge is 0.119 e. The molecule has 0 aliphatic carbocycles. The Morgan fingerprint density at radius 3 is 2.42 bits per heavy atom. The van der Waals surface area contributed by atoms with Crippen LogP contribution in [0.25, 0.3) is 0 Å². The Kier molecular flexibility index (Phi) is 10.6. The summed E-state index contributed by atoms with van der Waals surface area (Å²) in [4.78, 5) is 0. The van der Waals surface area contributed by atoms with E-state index in [1.54, 1.807) is 0 Å². The molecule has 0 heterocycles. The fourth-order valence-corrected chi connectivity index (χ4v) is 1.84. The van der Waals surface area contributed by atoms with Crippen LogP contribution < -0.4 is 10.5 Å². The third-order valence-corrected chi connectivity index (χ3v) is 3.01. The summed E-state index contributed by atoms with van der Waals surface area (Å²) >= 11 is 0. The van der Waals surface area contributed by atoms with Crippen LogP contribution in [0.5, 0.6) is 5.75 Å². The van der Waals surface area contributed by atoms with Crippen LogP contribution in [0, 0.1) is 0 Å². The second-order valence-electron chi connectivity index (χ2n) is 4.60. The normalized spacial score (nSPS) is 11.7. The summed E-state index contributed by atoms with van der Waals surface area (Å²) in [5.74, 6) is 0.895. The number of hydrogen-bond acceptors (Lipinski definition) is 3. The van der Waals surface area contributed by atoms with Crippen molar-refractivity contribution in [1.29, 1.82) is 0 Å². The van der Waals surface area contributed by atoms with Gasteiger partial charge >= 0.3 is 0 Å². The fourth-order valence-electron chi connectivity index (χ4n) is 1.84. The Labute approximate surface area is 122 Å². The number of halogens is 1. The molecular formula is C15H26ClNO2. The van der Waals surface area contributed by atoms with Gasteiger partial charge in [0, 0.05) is 12.6 Å². The van der Waals surface area contributed by atoms with Crippen LogP contribution in [0.4, 0.5) is 0 Å². The predicted octanol–water partition coefficient (Wildman–Crippen LogP) is 3.45. The van der Waals surface area contributed by atoms with Gasteiger partial charge < -0.3 is 15.6 Å². The second kappa shape index (κ2) is 11.1. The van der Waals surface area contributed by atoms with E-state index in [4.69, 9.17) is 15.6 Å². The second-order valence-corrected chi connectivity index (χ2v) is 4.60. The molecule has 0 bridgehead atoms. The fraction of sp³-hybridized carbons (Fsp3) is 0.600. The highest BCUT2D eigenvalue weighted by atomic mass is 35.5. The van der Waals surface area contributed by atoms with Crippen LogP contribution in [0.1, 0.15) is 50.6 Å². The molecule has 110 valence electrons. The molecule has 0 aliphatic heterocycles. The molecule has 19 heavy (non-hydrogen) atoms. The van der Waals surface area contributed by atoms with Gasteiger partial charge in [0.15, 0.2) is 0 Å². The lowest BCUT2D eigenvalue weighted by Gasteiger charge is -2.11. The van der Waals surface area contributed by atoms with Crippen molar-refractivity contribution >= 4 is 12.4 Å². The van der Waals surface area contributed by atoms with E-state index >= 15 is 0 Å². The minimum atomic E-state index is -0.0893. The molecule has 0 spiro atoms. The first-order chi connectivity index (χ1) is 8.77. The number of benzene rings is 1. The lowest BCUT2D eigenvalue weighted by molar-refractivity contribution is 0.276. The molecule has 1 atom stereocenters. The summed E-state index contributed by atoms with van der Waals surface area (Å²) in [6, 6.07) is 7.76. The van der Waals surface area contributed by atoms with Crippen LogP contribution in [-0.4, -0.2) is 18.3 Å². The van der Waals surface area contributed by atoms with Crippen molar-refractivity contribution in [3.05, 3.63) is 29.8 Å². The molecule has 3 N–H and O–H groups in total. The van der Waals surface area contributed by atoms with Crippen molar-refractivity contribution in [3.8, 4) is 5.75 Å². The van der Waals surface area contributed by atoms with Gasteiger partial charge in [-0.2, -0.15) is 0 Å². The van der Waals surface area contributed by atoms with E-state index in [1.807, 2.05) is 24.3 Å². The standard InChI is InChI=1S/C15H25NO2.ClH/c1-2-3-4-5-12-18-14-8-6-13(7-9-14)15(16)10-11-17;/h6-9,15,17H,2-5,10-12,16H2,1H3;1H. The Morgan fingerprint density at radius 1 is 1.16 bits per heavy atom. The number of rotatable bonds is 9. The molecule has 3 nitrogen and oxygen atoms in total. The van der Waals surface area contributed by atoms with Gasteiger partial charge in [0.05, 0.1) is 6.61 Å². The Hall–Kier alpha value is -0.770. The first-order valence-corrected chi connectivity index (χ1v) is 6.87. The Morgan fingerprint density at radius 2 is 1.84 bits per heavy atom. The molecule has 1 rings (SSSR count). The van der Waals surface area contributed by atoms with Gasteiger partial charge in [0.1, 0.15) is 5.75 Å². The third-order valence-electron chi connectivity index (χ3n) is 3.01. The Balaban J connectivity index is 0.00000324. The number of aliphatic hydroxyl groups is 1. The molecule has 0 amide bonds. The summed E-state index contributed by atoms with van der Waals surface area (Å²) < 4.78 is 5.66. The molecule has 0 aliphatic rings. The topological polar surface area (TPSA) is 55.5 Å². The minimum Gasteiger partial charge on any atom is -0.494 e. The van der Waals surface area contributed by atoms with Gasteiger partial charge in [0.25, 0.3) is 0 Å². The number of unbranched alkanes of at least 4 members (excludes halogenated alkanes) is 3. The van der Waals surface area contributed by atoms with Gasteiger partial charge in [-0.05, 0) is 30.5 Å². The van der Waals surface area contributed by atoms with E-state index in [2.05, 4.69) is 6.92 Å². The molecule has 1 aromatic rings. The average molecular weight is 288 g/mol. The maximum atomic E-state index is 8.83. The lowest BCUT2D eigenvalue weighted by Crippen LogP contribution is -2.11. The summed E-state index contributed by atoms with van der Waals surface area (Å²) in [5.41, 5.74) is 6.95. The molecule has 0 aromatic heterocycles. The van der Waals surface area contributed by atoms with Gasteiger partial charge in [-0.15, -0.1) is 12.4 Å². The molecule has 4 heteroatoms. The highest BCUT2D eigenvalue weighted by Crippen LogP contribution is 2.18. The molecule has 0 fully saturated rings. The van der Waals surface area contributed by atoms with Crippen molar-refractivity contribution in [2.24, 2.45) is 5.73 Å². The molecule has 0 saturated carbocycles. The average Bonchev–Trinajstić information content (AvgIpc) is 2.39. The largest absolute Gasteiger partial charge is 0.494 e. The highest BCUT2D eigenvalue weighted by molar-refractivity contribution is 5.85. The summed E-state index contributed by atoms with van der Waals surface area (Å²) in [7, 11) is 0. The maximum Gasteiger partial charge on any atom is 0.119 e. The summed E-state index contributed by atoms with van der Waals surface area (Å²) in [6.07, 6.45) is 5.46. The molecule has 0 saturated heterocycles. The lowest BCUT2D eigenvalue weighted by atomic mass is 10.1. The molecule has 1 aromatic carbocycles. The zero-order chi connectivity index (χ0) is 13.2. The predicted molar refractivity (Wildman–Crippen MR) is 82.0 cm³/mol. The van der Waals surface area contributed by atoms with E-state index < -0.39 is 0 Å². The van der Waals surface area contributed by atoms with Crippen LogP contribution in [0.2, 0.25) is 0 Å². The van der Waals surface area contributed by atoms with Crippen LogP contribution in [-0.2, 0) is 0 Å². The van der Waals surface area contributed by atoms with Crippen LogP contribution in [0.15, 0.2) is 24.3 Å². The summed E-state index contributed by atoms with van der Waals surface area (Å²) in [6.45, 7) is 3.11. The van der Waals surface area contributed by atoms with Crippen molar-refractivity contribution in [2.45, 2.75) is 45.1 Å². The quantitative estimate of drug-likeness (QED) is 0.684. The van der Waals surface area contributed by atoms with E-state index in [1.165, 1.54) is 19.3 Å².